The highest BCUT2D eigenvalue weighted by Gasteiger charge is 2.21. The van der Waals surface area contributed by atoms with Crippen LogP contribution >= 0.6 is 11.3 Å². The van der Waals surface area contributed by atoms with E-state index in [0.29, 0.717) is 0 Å². The summed E-state index contributed by atoms with van der Waals surface area (Å²) in [6.45, 7) is 3.98. The van der Waals surface area contributed by atoms with Crippen LogP contribution in [0.1, 0.15) is 16.4 Å². The molecule has 0 aliphatic carbocycles. The number of rotatable bonds is 4. The zero-order valence-electron chi connectivity index (χ0n) is 11.0. The van der Waals surface area contributed by atoms with Crippen molar-refractivity contribution in [2.75, 3.05) is 7.05 Å². The molecule has 7 heteroatoms. The van der Waals surface area contributed by atoms with E-state index in [-0.39, 0.29) is 11.4 Å². The summed E-state index contributed by atoms with van der Waals surface area (Å²) in [6.07, 6.45) is 1.38. The third-order valence-electron chi connectivity index (χ3n) is 2.64. The van der Waals surface area contributed by atoms with Gasteiger partial charge >= 0.3 is 0 Å². The van der Waals surface area contributed by atoms with Crippen LogP contribution in [0.25, 0.3) is 0 Å². The normalized spacial score (nSPS) is 12.0. The molecule has 0 spiro atoms. The van der Waals surface area contributed by atoms with Crippen LogP contribution in [0, 0.1) is 13.8 Å². The Morgan fingerprint density at radius 1 is 1.32 bits per heavy atom. The van der Waals surface area contributed by atoms with E-state index in [1.54, 1.807) is 19.2 Å². The smallest absolute Gasteiger partial charge is 0.244 e. The summed E-state index contributed by atoms with van der Waals surface area (Å²) >= 11 is 1.51. The first kappa shape index (κ1) is 14.1. The van der Waals surface area contributed by atoms with Gasteiger partial charge in [-0.25, -0.2) is 13.4 Å². The molecule has 0 aliphatic rings. The second kappa shape index (κ2) is 5.36. The lowest BCUT2D eigenvalue weighted by Gasteiger charge is -2.15. The Bertz CT molecular complexity index is 663. The molecule has 0 unspecified atom stereocenters. The summed E-state index contributed by atoms with van der Waals surface area (Å²) in [5.41, 5.74) is 1.55. The highest BCUT2D eigenvalue weighted by Crippen LogP contribution is 2.17. The Labute approximate surface area is 117 Å². The molecule has 0 atom stereocenters. The fourth-order valence-corrected chi connectivity index (χ4v) is 3.27. The zero-order chi connectivity index (χ0) is 14.0. The van der Waals surface area contributed by atoms with Gasteiger partial charge in [-0.2, -0.15) is 4.31 Å². The minimum absolute atomic E-state index is 0.201. The molecular formula is C12H15N3O2S2. The molecule has 0 amide bonds. The van der Waals surface area contributed by atoms with E-state index < -0.39 is 10.0 Å². The molecule has 0 saturated heterocycles. The predicted molar refractivity (Wildman–Crippen MR) is 74.5 cm³/mol. The molecule has 5 nitrogen and oxygen atoms in total. The van der Waals surface area contributed by atoms with Gasteiger partial charge in [0.25, 0.3) is 0 Å². The number of aromatic nitrogens is 2. The maximum Gasteiger partial charge on any atom is 0.244 e. The summed E-state index contributed by atoms with van der Waals surface area (Å²) in [6, 6.07) is 3.26. The lowest BCUT2D eigenvalue weighted by Crippen LogP contribution is -2.26. The third kappa shape index (κ3) is 3.17. The van der Waals surface area contributed by atoms with Crippen molar-refractivity contribution in [3.05, 3.63) is 40.1 Å². The van der Waals surface area contributed by atoms with Crippen molar-refractivity contribution in [3.63, 3.8) is 0 Å². The number of thiazole rings is 1. The summed E-state index contributed by atoms with van der Waals surface area (Å²) < 4.78 is 25.9. The first-order valence-corrected chi connectivity index (χ1v) is 8.01. The average molecular weight is 297 g/mol. The fraction of sp³-hybridized carbons (Fsp3) is 0.333. The van der Waals surface area contributed by atoms with Gasteiger partial charge in [0.2, 0.25) is 10.0 Å². The first-order valence-electron chi connectivity index (χ1n) is 5.69. The Morgan fingerprint density at radius 2 is 2.05 bits per heavy atom. The topological polar surface area (TPSA) is 63.2 Å². The number of aryl methyl sites for hydroxylation is 2. The van der Waals surface area contributed by atoms with Gasteiger partial charge in [0.15, 0.2) is 0 Å². The summed E-state index contributed by atoms with van der Waals surface area (Å²) in [7, 11) is -1.96. The second-order valence-corrected chi connectivity index (χ2v) is 7.36. The highest BCUT2D eigenvalue weighted by atomic mass is 32.2. The summed E-state index contributed by atoms with van der Waals surface area (Å²) in [5, 5.41) is 2.80. The van der Waals surface area contributed by atoms with Gasteiger partial charge in [-0.05, 0) is 26.0 Å². The fourth-order valence-electron chi connectivity index (χ4n) is 1.58. The summed E-state index contributed by atoms with van der Waals surface area (Å²) in [5.74, 6) is 0. The summed E-state index contributed by atoms with van der Waals surface area (Å²) in [4.78, 5) is 8.49. The largest absolute Gasteiger partial charge is 0.260 e. The van der Waals surface area contributed by atoms with E-state index in [4.69, 9.17) is 0 Å². The van der Waals surface area contributed by atoms with Crippen molar-refractivity contribution in [2.24, 2.45) is 0 Å². The van der Waals surface area contributed by atoms with E-state index in [9.17, 15) is 8.42 Å². The Kier molecular flexibility index (Phi) is 3.98. The van der Waals surface area contributed by atoms with Gasteiger partial charge in [-0.1, -0.05) is 0 Å². The predicted octanol–water partition coefficient (Wildman–Crippen LogP) is 1.98. The molecule has 0 aromatic carbocycles. The van der Waals surface area contributed by atoms with Crippen molar-refractivity contribution in [2.45, 2.75) is 25.3 Å². The standard InChI is InChI=1S/C12H15N3O2S2/c1-9-4-5-12(6-13-9)19(16,17)15(3)7-11-8-18-10(2)14-11/h4-6,8H,7H2,1-3H3. The molecule has 102 valence electrons. The minimum Gasteiger partial charge on any atom is -0.260 e. The third-order valence-corrected chi connectivity index (χ3v) is 5.25. The maximum absolute atomic E-state index is 12.3. The van der Waals surface area contributed by atoms with E-state index >= 15 is 0 Å². The zero-order valence-corrected chi connectivity index (χ0v) is 12.6. The van der Waals surface area contributed by atoms with Crippen LogP contribution in [0.3, 0.4) is 0 Å². The first-order chi connectivity index (χ1) is 8.89. The van der Waals surface area contributed by atoms with Gasteiger partial charge in [-0.15, -0.1) is 11.3 Å². The highest BCUT2D eigenvalue weighted by molar-refractivity contribution is 7.89. The number of hydrogen-bond acceptors (Lipinski definition) is 5. The molecular weight excluding hydrogens is 282 g/mol. The van der Waals surface area contributed by atoms with Crippen LogP contribution < -0.4 is 0 Å². The lowest BCUT2D eigenvalue weighted by molar-refractivity contribution is 0.462. The van der Waals surface area contributed by atoms with Gasteiger partial charge < -0.3 is 0 Å². The van der Waals surface area contributed by atoms with Crippen LogP contribution in [-0.2, 0) is 16.6 Å². The van der Waals surface area contributed by atoms with E-state index in [0.717, 1.165) is 16.4 Å². The number of hydrogen-bond donors (Lipinski definition) is 0. The molecule has 2 aromatic heterocycles. The van der Waals surface area contributed by atoms with Gasteiger partial charge in [0, 0.05) is 24.3 Å². The number of sulfonamides is 1. The monoisotopic (exact) mass is 297 g/mol. The van der Waals surface area contributed by atoms with E-state index in [1.165, 1.54) is 21.8 Å². The minimum atomic E-state index is -3.51. The molecule has 2 heterocycles. The molecule has 0 bridgehead atoms. The number of nitrogens with zero attached hydrogens (tertiary/aromatic N) is 3. The van der Waals surface area contributed by atoms with Gasteiger partial charge in [-0.3, -0.25) is 4.98 Å². The second-order valence-electron chi connectivity index (χ2n) is 4.25. The SMILES string of the molecule is Cc1ccc(S(=O)(=O)N(C)Cc2csc(C)n2)cn1. The van der Waals surface area contributed by atoms with Gasteiger partial charge in [0.1, 0.15) is 4.90 Å². The Balaban J connectivity index is 2.21. The molecule has 19 heavy (non-hydrogen) atoms. The molecule has 0 aliphatic heterocycles. The maximum atomic E-state index is 12.3. The van der Waals surface area contributed by atoms with Crippen LogP contribution in [0.15, 0.2) is 28.6 Å². The van der Waals surface area contributed by atoms with Crippen LogP contribution in [-0.4, -0.2) is 29.7 Å². The van der Waals surface area contributed by atoms with E-state index in [2.05, 4.69) is 9.97 Å². The van der Waals surface area contributed by atoms with Crippen LogP contribution in [0.2, 0.25) is 0 Å². The molecule has 0 saturated carbocycles. The van der Waals surface area contributed by atoms with Gasteiger partial charge in [0.05, 0.1) is 17.2 Å². The molecule has 0 radical (unpaired) electrons. The van der Waals surface area contributed by atoms with E-state index in [1.807, 2.05) is 19.2 Å². The molecule has 0 N–H and O–H groups in total. The molecule has 0 fully saturated rings. The van der Waals surface area contributed by atoms with Crippen molar-refractivity contribution in [1.29, 1.82) is 0 Å². The van der Waals surface area contributed by atoms with Crippen LogP contribution in [0.4, 0.5) is 0 Å². The Morgan fingerprint density at radius 3 is 2.58 bits per heavy atom. The average Bonchev–Trinajstić information content (AvgIpc) is 2.75. The van der Waals surface area contributed by atoms with Crippen LogP contribution in [0.5, 0.6) is 0 Å². The van der Waals surface area contributed by atoms with Crippen molar-refractivity contribution >= 4 is 21.4 Å². The lowest BCUT2D eigenvalue weighted by atomic mass is 10.4. The van der Waals surface area contributed by atoms with Crippen molar-refractivity contribution in [1.82, 2.24) is 14.3 Å². The number of pyridine rings is 1. The molecule has 2 rings (SSSR count). The quantitative estimate of drug-likeness (QED) is 0.865. The van der Waals surface area contributed by atoms with Crippen molar-refractivity contribution < 1.29 is 8.42 Å². The molecule has 2 aromatic rings. The van der Waals surface area contributed by atoms with Crippen molar-refractivity contribution in [3.8, 4) is 0 Å². The Hall–Kier alpha value is -1.31.